The van der Waals surface area contributed by atoms with Crippen LogP contribution in [0.25, 0.3) is 0 Å². The van der Waals surface area contributed by atoms with Crippen LogP contribution < -0.4 is 20.1 Å². The van der Waals surface area contributed by atoms with E-state index in [-0.39, 0.29) is 18.4 Å². The Kier molecular flexibility index (Phi) is 8.34. The number of nitrogens with one attached hydrogen (secondary N) is 2. The first-order valence-electron chi connectivity index (χ1n) is 9.45. The standard InChI is InChI=1S/C22H28N2O4/c1-16(2)19-11-7-8-12-20(19)28-17(3)22(26)24-14-13-23-21(25)15-27-18-9-5-4-6-10-18/h4-12,16-17H,13-15H2,1-3H3,(H,23,25)(H,24,26). The monoisotopic (exact) mass is 384 g/mol. The molecule has 1 atom stereocenters. The lowest BCUT2D eigenvalue weighted by atomic mass is 10.0. The molecule has 6 heteroatoms. The van der Waals surface area contributed by atoms with Gasteiger partial charge in [-0.3, -0.25) is 9.59 Å². The molecule has 0 spiro atoms. The summed E-state index contributed by atoms with van der Waals surface area (Å²) in [6, 6.07) is 16.8. The molecule has 1 unspecified atom stereocenters. The van der Waals surface area contributed by atoms with Crippen LogP contribution in [0.15, 0.2) is 54.6 Å². The molecule has 0 saturated heterocycles. The second-order valence-electron chi connectivity index (χ2n) is 6.70. The van der Waals surface area contributed by atoms with Crippen LogP contribution in [0.3, 0.4) is 0 Å². The number of hydrogen-bond acceptors (Lipinski definition) is 4. The quantitative estimate of drug-likeness (QED) is 0.618. The first-order chi connectivity index (χ1) is 13.5. The summed E-state index contributed by atoms with van der Waals surface area (Å²) in [6.07, 6.45) is -0.628. The first-order valence-corrected chi connectivity index (χ1v) is 9.45. The Hall–Kier alpha value is -3.02. The third-order valence-corrected chi connectivity index (χ3v) is 4.07. The van der Waals surface area contributed by atoms with Gasteiger partial charge in [0, 0.05) is 13.1 Å². The Morgan fingerprint density at radius 2 is 1.54 bits per heavy atom. The van der Waals surface area contributed by atoms with E-state index in [0.29, 0.717) is 30.5 Å². The molecule has 0 aliphatic rings. The van der Waals surface area contributed by atoms with Crippen molar-refractivity contribution < 1.29 is 19.1 Å². The number of hydrogen-bond donors (Lipinski definition) is 2. The van der Waals surface area contributed by atoms with Crippen molar-refractivity contribution in [2.24, 2.45) is 0 Å². The Morgan fingerprint density at radius 1 is 0.893 bits per heavy atom. The smallest absolute Gasteiger partial charge is 0.260 e. The highest BCUT2D eigenvalue weighted by atomic mass is 16.5. The number of rotatable bonds is 10. The summed E-state index contributed by atoms with van der Waals surface area (Å²) in [4.78, 5) is 24.0. The lowest BCUT2D eigenvalue weighted by Crippen LogP contribution is -2.41. The molecule has 0 fully saturated rings. The van der Waals surface area contributed by atoms with Gasteiger partial charge in [0.1, 0.15) is 11.5 Å². The largest absolute Gasteiger partial charge is 0.484 e. The fourth-order valence-corrected chi connectivity index (χ4v) is 2.56. The predicted octanol–water partition coefficient (Wildman–Crippen LogP) is 2.89. The maximum absolute atomic E-state index is 12.2. The van der Waals surface area contributed by atoms with Crippen molar-refractivity contribution in [3.8, 4) is 11.5 Å². The minimum atomic E-state index is -0.628. The van der Waals surface area contributed by atoms with Crippen molar-refractivity contribution in [3.05, 3.63) is 60.2 Å². The molecular weight excluding hydrogens is 356 g/mol. The van der Waals surface area contributed by atoms with Crippen LogP contribution in [-0.2, 0) is 9.59 Å². The first kappa shape index (κ1) is 21.3. The van der Waals surface area contributed by atoms with Gasteiger partial charge in [0.05, 0.1) is 0 Å². The fraction of sp³-hybridized carbons (Fsp3) is 0.364. The van der Waals surface area contributed by atoms with Crippen molar-refractivity contribution in [3.63, 3.8) is 0 Å². The summed E-state index contributed by atoms with van der Waals surface area (Å²) in [5.74, 6) is 1.19. The highest BCUT2D eigenvalue weighted by Crippen LogP contribution is 2.26. The van der Waals surface area contributed by atoms with Gasteiger partial charge in [-0.25, -0.2) is 0 Å². The van der Waals surface area contributed by atoms with Gasteiger partial charge >= 0.3 is 0 Å². The van der Waals surface area contributed by atoms with Crippen molar-refractivity contribution in [2.75, 3.05) is 19.7 Å². The average molecular weight is 384 g/mol. The maximum Gasteiger partial charge on any atom is 0.260 e. The van der Waals surface area contributed by atoms with Gasteiger partial charge in [0.2, 0.25) is 0 Å². The Labute approximate surface area is 166 Å². The van der Waals surface area contributed by atoms with E-state index >= 15 is 0 Å². The summed E-state index contributed by atoms with van der Waals surface area (Å²) in [6.45, 7) is 6.43. The third kappa shape index (κ3) is 6.95. The zero-order valence-electron chi connectivity index (χ0n) is 16.6. The summed E-state index contributed by atoms with van der Waals surface area (Å²) < 4.78 is 11.2. The Bertz CT molecular complexity index is 762. The topological polar surface area (TPSA) is 76.7 Å². The van der Waals surface area contributed by atoms with E-state index in [4.69, 9.17) is 9.47 Å². The van der Waals surface area contributed by atoms with Gasteiger partial charge in [-0.2, -0.15) is 0 Å². The van der Waals surface area contributed by atoms with Crippen molar-refractivity contribution in [2.45, 2.75) is 32.8 Å². The molecule has 0 saturated carbocycles. The molecule has 2 rings (SSSR count). The molecule has 0 heterocycles. The minimum Gasteiger partial charge on any atom is -0.484 e. The van der Waals surface area contributed by atoms with E-state index in [9.17, 15) is 9.59 Å². The second-order valence-corrected chi connectivity index (χ2v) is 6.70. The van der Waals surface area contributed by atoms with E-state index in [1.165, 1.54) is 0 Å². The molecule has 28 heavy (non-hydrogen) atoms. The van der Waals surface area contributed by atoms with Gasteiger partial charge in [-0.05, 0) is 36.6 Å². The maximum atomic E-state index is 12.2. The van der Waals surface area contributed by atoms with E-state index in [2.05, 4.69) is 24.5 Å². The van der Waals surface area contributed by atoms with Crippen LogP contribution in [0.2, 0.25) is 0 Å². The third-order valence-electron chi connectivity index (χ3n) is 4.07. The van der Waals surface area contributed by atoms with Gasteiger partial charge in [-0.15, -0.1) is 0 Å². The molecular formula is C22H28N2O4. The Morgan fingerprint density at radius 3 is 2.25 bits per heavy atom. The predicted molar refractivity (Wildman–Crippen MR) is 109 cm³/mol. The van der Waals surface area contributed by atoms with E-state index < -0.39 is 6.10 Å². The summed E-state index contributed by atoms with van der Waals surface area (Å²) in [5.41, 5.74) is 1.06. The molecule has 0 radical (unpaired) electrons. The SMILES string of the molecule is CC(Oc1ccccc1C(C)C)C(=O)NCCNC(=O)COc1ccccc1. The molecule has 0 aliphatic heterocycles. The van der Waals surface area contributed by atoms with Gasteiger partial charge in [0.15, 0.2) is 12.7 Å². The molecule has 2 N–H and O–H groups in total. The summed E-state index contributed by atoms with van der Waals surface area (Å²) >= 11 is 0. The molecule has 2 amide bonds. The highest BCUT2D eigenvalue weighted by molar-refractivity contribution is 5.81. The molecule has 150 valence electrons. The van der Waals surface area contributed by atoms with Crippen LogP contribution in [-0.4, -0.2) is 37.6 Å². The van der Waals surface area contributed by atoms with E-state index in [1.54, 1.807) is 19.1 Å². The zero-order chi connectivity index (χ0) is 20.4. The zero-order valence-corrected chi connectivity index (χ0v) is 16.6. The van der Waals surface area contributed by atoms with Gasteiger partial charge < -0.3 is 20.1 Å². The van der Waals surface area contributed by atoms with Crippen LogP contribution in [0.1, 0.15) is 32.3 Å². The number of carbonyl (C=O) groups is 2. The molecule has 0 aliphatic carbocycles. The number of ether oxygens (including phenoxy) is 2. The lowest BCUT2D eigenvalue weighted by molar-refractivity contribution is -0.127. The van der Waals surface area contributed by atoms with E-state index in [0.717, 1.165) is 5.56 Å². The van der Waals surface area contributed by atoms with Gasteiger partial charge in [0.25, 0.3) is 11.8 Å². The van der Waals surface area contributed by atoms with Crippen LogP contribution in [0.5, 0.6) is 11.5 Å². The minimum absolute atomic E-state index is 0.0660. The summed E-state index contributed by atoms with van der Waals surface area (Å²) in [5, 5.41) is 5.46. The second kappa shape index (κ2) is 11.0. The van der Waals surface area contributed by atoms with Crippen LogP contribution in [0, 0.1) is 0 Å². The molecule has 6 nitrogen and oxygen atoms in total. The fourth-order valence-electron chi connectivity index (χ4n) is 2.56. The van der Waals surface area contributed by atoms with Crippen LogP contribution in [0.4, 0.5) is 0 Å². The van der Waals surface area contributed by atoms with Crippen molar-refractivity contribution in [1.82, 2.24) is 10.6 Å². The molecule has 2 aromatic carbocycles. The lowest BCUT2D eigenvalue weighted by Gasteiger charge is -2.18. The average Bonchev–Trinajstić information content (AvgIpc) is 2.70. The Balaban J connectivity index is 1.67. The molecule has 2 aromatic rings. The summed E-state index contributed by atoms with van der Waals surface area (Å²) in [7, 11) is 0. The van der Waals surface area contributed by atoms with E-state index in [1.807, 2.05) is 42.5 Å². The van der Waals surface area contributed by atoms with Crippen LogP contribution >= 0.6 is 0 Å². The molecule has 0 bridgehead atoms. The highest BCUT2D eigenvalue weighted by Gasteiger charge is 2.16. The van der Waals surface area contributed by atoms with Crippen molar-refractivity contribution in [1.29, 1.82) is 0 Å². The van der Waals surface area contributed by atoms with Crippen molar-refractivity contribution >= 4 is 11.8 Å². The normalized spacial score (nSPS) is 11.6. The number of para-hydroxylation sites is 2. The van der Waals surface area contributed by atoms with Gasteiger partial charge in [-0.1, -0.05) is 50.2 Å². The molecule has 0 aromatic heterocycles. The number of amides is 2. The number of carbonyl (C=O) groups excluding carboxylic acids is 2. The number of benzene rings is 2.